The fourth-order valence-electron chi connectivity index (χ4n) is 3.31. The highest BCUT2D eigenvalue weighted by Crippen LogP contribution is 2.19. The maximum atomic E-state index is 13.0. The Morgan fingerprint density at radius 2 is 1.97 bits per heavy atom. The van der Waals surface area contributed by atoms with Gasteiger partial charge in [0.2, 0.25) is 5.91 Å². The number of hydrogen-bond acceptors (Lipinski definition) is 4. The van der Waals surface area contributed by atoms with Gasteiger partial charge in [-0.1, -0.05) is 12.1 Å². The smallest absolute Gasteiger partial charge is 0.261 e. The number of nitrogens with one attached hydrogen (secondary N) is 1. The van der Waals surface area contributed by atoms with Crippen molar-refractivity contribution >= 4 is 17.5 Å². The van der Waals surface area contributed by atoms with Crippen LogP contribution >= 0.6 is 0 Å². The zero-order chi connectivity index (χ0) is 21.5. The Morgan fingerprint density at radius 3 is 2.67 bits per heavy atom. The molecule has 2 aromatic rings. The lowest BCUT2D eigenvalue weighted by Gasteiger charge is -2.25. The van der Waals surface area contributed by atoms with Gasteiger partial charge in [0.1, 0.15) is 18.1 Å². The third-order valence-electron chi connectivity index (χ3n) is 5.19. The maximum absolute atomic E-state index is 13.0. The van der Waals surface area contributed by atoms with Gasteiger partial charge < -0.3 is 19.7 Å². The predicted octanol–water partition coefficient (Wildman–Crippen LogP) is 3.47. The number of carbonyl (C=O) groups is 2. The monoisotopic (exact) mass is 414 g/mol. The summed E-state index contributed by atoms with van der Waals surface area (Å²) in [4.78, 5) is 26.9. The molecule has 0 radical (unpaired) electrons. The minimum Gasteiger partial charge on any atom is -0.484 e. The van der Waals surface area contributed by atoms with E-state index in [9.17, 15) is 14.0 Å². The van der Waals surface area contributed by atoms with E-state index in [1.165, 1.54) is 29.2 Å². The number of benzene rings is 2. The molecule has 0 bridgehead atoms. The molecule has 6 nitrogen and oxygen atoms in total. The second-order valence-corrected chi connectivity index (χ2v) is 7.45. The van der Waals surface area contributed by atoms with E-state index >= 15 is 0 Å². The first kappa shape index (κ1) is 21.8. The summed E-state index contributed by atoms with van der Waals surface area (Å²) in [6.07, 6.45) is 1.70. The molecule has 1 saturated heterocycles. The number of aryl methyl sites for hydroxylation is 1. The van der Waals surface area contributed by atoms with Gasteiger partial charge in [0.15, 0.2) is 6.61 Å². The van der Waals surface area contributed by atoms with Crippen LogP contribution in [0.2, 0.25) is 0 Å². The van der Waals surface area contributed by atoms with Crippen LogP contribution in [0.3, 0.4) is 0 Å². The molecule has 0 saturated carbocycles. The van der Waals surface area contributed by atoms with Crippen molar-refractivity contribution in [3.8, 4) is 5.75 Å². The molecular weight excluding hydrogens is 387 g/mol. The van der Waals surface area contributed by atoms with Crippen molar-refractivity contribution in [3.05, 3.63) is 59.4 Å². The number of anilines is 1. The zero-order valence-electron chi connectivity index (χ0n) is 17.3. The van der Waals surface area contributed by atoms with Crippen molar-refractivity contribution in [2.24, 2.45) is 0 Å². The van der Waals surface area contributed by atoms with Gasteiger partial charge in [-0.2, -0.15) is 0 Å². The summed E-state index contributed by atoms with van der Waals surface area (Å²) in [6, 6.07) is 11.1. The quantitative estimate of drug-likeness (QED) is 0.718. The van der Waals surface area contributed by atoms with Crippen LogP contribution < -0.4 is 10.1 Å². The summed E-state index contributed by atoms with van der Waals surface area (Å²) in [5, 5.41) is 2.89. The highest BCUT2D eigenvalue weighted by Gasteiger charge is 2.25. The molecule has 1 heterocycles. The molecule has 1 fully saturated rings. The molecule has 1 atom stereocenters. The van der Waals surface area contributed by atoms with E-state index in [2.05, 4.69) is 5.32 Å². The Morgan fingerprint density at radius 1 is 1.20 bits per heavy atom. The summed E-state index contributed by atoms with van der Waals surface area (Å²) in [7, 11) is 0. The van der Waals surface area contributed by atoms with E-state index in [0.717, 1.165) is 29.7 Å². The molecule has 2 aromatic carbocycles. The third kappa shape index (κ3) is 6.03. The van der Waals surface area contributed by atoms with E-state index in [1.54, 1.807) is 0 Å². The molecule has 0 aliphatic carbocycles. The van der Waals surface area contributed by atoms with Crippen molar-refractivity contribution in [3.63, 3.8) is 0 Å². The Labute approximate surface area is 176 Å². The van der Waals surface area contributed by atoms with E-state index in [0.29, 0.717) is 18.9 Å². The number of nitrogens with zero attached hydrogens (tertiary/aromatic N) is 1. The van der Waals surface area contributed by atoms with E-state index in [4.69, 9.17) is 9.47 Å². The molecule has 1 unspecified atom stereocenters. The summed E-state index contributed by atoms with van der Waals surface area (Å²) >= 11 is 0. The minimum atomic E-state index is -0.378. The van der Waals surface area contributed by atoms with Crippen LogP contribution in [0.15, 0.2) is 42.5 Å². The molecule has 160 valence electrons. The zero-order valence-corrected chi connectivity index (χ0v) is 17.3. The molecule has 1 N–H and O–H groups in total. The van der Waals surface area contributed by atoms with Crippen LogP contribution in [0.25, 0.3) is 0 Å². The van der Waals surface area contributed by atoms with Gasteiger partial charge in [0.25, 0.3) is 5.91 Å². The standard InChI is InChI=1S/C23H27FN2O4/c1-16-5-3-7-21(17(16)2)25-22(27)14-26(13-20-6-4-12-29-20)23(28)15-30-19-10-8-18(24)9-11-19/h3,5,7-11,20H,4,6,12-15H2,1-2H3,(H,25,27). The molecule has 2 amide bonds. The number of hydrogen-bond donors (Lipinski definition) is 1. The number of halogens is 1. The van der Waals surface area contributed by atoms with Crippen LogP contribution in [0.4, 0.5) is 10.1 Å². The SMILES string of the molecule is Cc1cccc(NC(=O)CN(CC2CCCO2)C(=O)COc2ccc(F)cc2)c1C. The Hall–Kier alpha value is -2.93. The minimum absolute atomic E-state index is 0.0896. The Bertz CT molecular complexity index is 879. The lowest BCUT2D eigenvalue weighted by molar-refractivity contribution is -0.138. The van der Waals surface area contributed by atoms with Crippen LogP contribution in [0, 0.1) is 19.7 Å². The van der Waals surface area contributed by atoms with Crippen LogP contribution in [0.1, 0.15) is 24.0 Å². The largest absolute Gasteiger partial charge is 0.484 e. The highest BCUT2D eigenvalue weighted by molar-refractivity contribution is 5.95. The van der Waals surface area contributed by atoms with Gasteiger partial charge in [-0.05, 0) is 68.1 Å². The van der Waals surface area contributed by atoms with Crippen molar-refractivity contribution in [2.75, 3.05) is 31.6 Å². The number of rotatable bonds is 8. The lowest BCUT2D eigenvalue weighted by atomic mass is 10.1. The Balaban J connectivity index is 1.63. The topological polar surface area (TPSA) is 67.9 Å². The molecule has 1 aliphatic heterocycles. The summed E-state index contributed by atoms with van der Waals surface area (Å²) in [6.45, 7) is 4.56. The number of carbonyl (C=O) groups excluding carboxylic acids is 2. The van der Waals surface area contributed by atoms with Gasteiger partial charge in [-0.25, -0.2) is 4.39 Å². The highest BCUT2D eigenvalue weighted by atomic mass is 19.1. The molecule has 7 heteroatoms. The maximum Gasteiger partial charge on any atom is 0.261 e. The average Bonchev–Trinajstić information content (AvgIpc) is 3.23. The van der Waals surface area contributed by atoms with Gasteiger partial charge in [0, 0.05) is 18.8 Å². The third-order valence-corrected chi connectivity index (χ3v) is 5.19. The normalized spacial score (nSPS) is 15.6. The molecule has 1 aliphatic rings. The van der Waals surface area contributed by atoms with Crippen molar-refractivity contribution < 1.29 is 23.5 Å². The predicted molar refractivity (Wildman–Crippen MR) is 112 cm³/mol. The fraction of sp³-hybridized carbons (Fsp3) is 0.391. The summed E-state index contributed by atoms with van der Waals surface area (Å²) < 4.78 is 24.1. The molecule has 3 rings (SSSR count). The van der Waals surface area contributed by atoms with E-state index < -0.39 is 0 Å². The average molecular weight is 414 g/mol. The first-order valence-corrected chi connectivity index (χ1v) is 10.1. The van der Waals surface area contributed by atoms with Gasteiger partial charge in [0.05, 0.1) is 6.10 Å². The molecule has 30 heavy (non-hydrogen) atoms. The number of ether oxygens (including phenoxy) is 2. The van der Waals surface area contributed by atoms with Gasteiger partial charge in [-0.3, -0.25) is 9.59 Å². The Kier molecular flexibility index (Phi) is 7.41. The van der Waals surface area contributed by atoms with E-state index in [-0.39, 0.29) is 36.9 Å². The van der Waals surface area contributed by atoms with Crippen LogP contribution in [0.5, 0.6) is 5.75 Å². The lowest BCUT2D eigenvalue weighted by Crippen LogP contribution is -2.44. The van der Waals surface area contributed by atoms with Gasteiger partial charge >= 0.3 is 0 Å². The molecule has 0 spiro atoms. The van der Waals surface area contributed by atoms with Gasteiger partial charge in [-0.15, -0.1) is 0 Å². The summed E-state index contributed by atoms with van der Waals surface area (Å²) in [5.74, 6) is -0.596. The first-order valence-electron chi connectivity index (χ1n) is 10.1. The molecule has 0 aromatic heterocycles. The van der Waals surface area contributed by atoms with Crippen LogP contribution in [-0.2, 0) is 14.3 Å². The first-order chi connectivity index (χ1) is 14.4. The van der Waals surface area contributed by atoms with Crippen LogP contribution in [-0.4, -0.2) is 49.1 Å². The second kappa shape index (κ2) is 10.2. The molecular formula is C23H27FN2O4. The van der Waals surface area contributed by atoms with Crippen molar-refractivity contribution in [1.82, 2.24) is 4.90 Å². The summed E-state index contributed by atoms with van der Waals surface area (Å²) in [5.41, 5.74) is 2.79. The van der Waals surface area contributed by atoms with Crippen molar-refractivity contribution in [1.29, 1.82) is 0 Å². The fourth-order valence-corrected chi connectivity index (χ4v) is 3.31. The number of amides is 2. The van der Waals surface area contributed by atoms with Crippen molar-refractivity contribution in [2.45, 2.75) is 32.8 Å². The second-order valence-electron chi connectivity index (χ2n) is 7.45. The van der Waals surface area contributed by atoms with E-state index in [1.807, 2.05) is 32.0 Å².